The summed E-state index contributed by atoms with van der Waals surface area (Å²) >= 11 is 0. The van der Waals surface area contributed by atoms with Crippen LogP contribution in [0.4, 0.5) is 0 Å². The number of allylic oxidation sites excluding steroid dienone is 1. The average molecular weight is 199 g/mol. The predicted octanol–water partition coefficient (Wildman–Crippen LogP) is 3.28. The second kappa shape index (κ2) is 3.73. The zero-order valence-electron chi connectivity index (χ0n) is 8.95. The third kappa shape index (κ3) is 1.71. The molecule has 0 unspecified atom stereocenters. The summed E-state index contributed by atoms with van der Waals surface area (Å²) in [7, 11) is 1.62. The molecule has 0 aliphatic heterocycles. The molecule has 1 heterocycles. The zero-order chi connectivity index (χ0) is 10.8. The first-order valence-corrected chi connectivity index (χ1v) is 4.82. The number of ether oxygens (including phenoxy) is 1. The number of rotatable bonds is 2. The fraction of sp³-hybridized carbons (Fsp3) is 0.154. The normalized spacial score (nSPS) is 10.3. The molecule has 0 aliphatic rings. The van der Waals surface area contributed by atoms with Crippen LogP contribution in [0.5, 0.6) is 5.88 Å². The zero-order valence-corrected chi connectivity index (χ0v) is 8.95. The van der Waals surface area contributed by atoms with Crippen LogP contribution in [-0.2, 0) is 0 Å². The summed E-state index contributed by atoms with van der Waals surface area (Å²) in [6.45, 7) is 5.96. The van der Waals surface area contributed by atoms with Crippen molar-refractivity contribution in [3.63, 3.8) is 0 Å². The Morgan fingerprint density at radius 2 is 2.07 bits per heavy atom. The first-order chi connectivity index (χ1) is 7.22. The maximum Gasteiger partial charge on any atom is 0.213 e. The minimum absolute atomic E-state index is 0.640. The molecule has 2 rings (SSSR count). The van der Waals surface area contributed by atoms with Crippen LogP contribution in [0, 0.1) is 0 Å². The van der Waals surface area contributed by atoms with Crippen molar-refractivity contribution in [1.82, 2.24) is 4.98 Å². The molecule has 0 bridgehead atoms. The van der Waals surface area contributed by atoms with E-state index in [1.807, 2.05) is 31.2 Å². The van der Waals surface area contributed by atoms with Gasteiger partial charge in [0, 0.05) is 11.5 Å². The molecule has 0 fully saturated rings. The fourth-order valence-electron chi connectivity index (χ4n) is 1.62. The molecule has 2 aromatic rings. The summed E-state index contributed by atoms with van der Waals surface area (Å²) in [5.41, 5.74) is 3.13. The van der Waals surface area contributed by atoms with Crippen LogP contribution in [-0.4, -0.2) is 12.1 Å². The number of hydrogen-bond acceptors (Lipinski definition) is 2. The maximum absolute atomic E-state index is 5.09. The van der Waals surface area contributed by atoms with E-state index in [-0.39, 0.29) is 0 Å². The largest absolute Gasteiger partial charge is 0.481 e. The molecule has 0 atom stereocenters. The van der Waals surface area contributed by atoms with Crippen LogP contribution in [0.2, 0.25) is 0 Å². The third-order valence-corrected chi connectivity index (χ3v) is 2.38. The topological polar surface area (TPSA) is 22.1 Å². The Kier molecular flexibility index (Phi) is 2.42. The summed E-state index contributed by atoms with van der Waals surface area (Å²) in [5.74, 6) is 0.640. The molecule has 0 radical (unpaired) electrons. The van der Waals surface area contributed by atoms with Crippen LogP contribution in [0.3, 0.4) is 0 Å². The number of pyridine rings is 1. The van der Waals surface area contributed by atoms with E-state index in [1.54, 1.807) is 7.11 Å². The van der Waals surface area contributed by atoms with E-state index < -0.39 is 0 Å². The lowest BCUT2D eigenvalue weighted by Crippen LogP contribution is -1.89. The molecule has 1 aromatic heterocycles. The van der Waals surface area contributed by atoms with Crippen molar-refractivity contribution in [3.8, 4) is 5.88 Å². The highest BCUT2D eigenvalue weighted by Crippen LogP contribution is 2.24. The van der Waals surface area contributed by atoms with Crippen molar-refractivity contribution in [3.05, 3.63) is 42.5 Å². The average Bonchev–Trinajstić information content (AvgIpc) is 2.27. The van der Waals surface area contributed by atoms with Crippen molar-refractivity contribution < 1.29 is 4.74 Å². The quantitative estimate of drug-likeness (QED) is 0.740. The molecular weight excluding hydrogens is 186 g/mol. The van der Waals surface area contributed by atoms with Gasteiger partial charge in [-0.2, -0.15) is 0 Å². The van der Waals surface area contributed by atoms with E-state index in [4.69, 9.17) is 4.74 Å². The molecule has 0 spiro atoms. The summed E-state index contributed by atoms with van der Waals surface area (Å²) in [6.07, 6.45) is 0. The van der Waals surface area contributed by atoms with Crippen LogP contribution >= 0.6 is 0 Å². The van der Waals surface area contributed by atoms with Gasteiger partial charge in [0.05, 0.1) is 12.6 Å². The van der Waals surface area contributed by atoms with Crippen molar-refractivity contribution in [2.75, 3.05) is 7.11 Å². The second-order valence-corrected chi connectivity index (χ2v) is 3.51. The van der Waals surface area contributed by atoms with Gasteiger partial charge >= 0.3 is 0 Å². The highest BCUT2D eigenvalue weighted by molar-refractivity contribution is 5.91. The van der Waals surface area contributed by atoms with E-state index in [0.29, 0.717) is 5.88 Å². The maximum atomic E-state index is 5.09. The van der Waals surface area contributed by atoms with Gasteiger partial charge in [-0.05, 0) is 24.6 Å². The van der Waals surface area contributed by atoms with E-state index in [1.165, 1.54) is 0 Å². The van der Waals surface area contributed by atoms with E-state index >= 15 is 0 Å². The smallest absolute Gasteiger partial charge is 0.213 e. The van der Waals surface area contributed by atoms with Crippen LogP contribution in [0.1, 0.15) is 12.5 Å². The Morgan fingerprint density at radius 1 is 1.27 bits per heavy atom. The molecule has 0 N–H and O–H groups in total. The van der Waals surface area contributed by atoms with Gasteiger partial charge in [0.25, 0.3) is 0 Å². The van der Waals surface area contributed by atoms with Gasteiger partial charge in [-0.3, -0.25) is 0 Å². The molecule has 2 heteroatoms. The van der Waals surface area contributed by atoms with Crippen LogP contribution in [0.25, 0.3) is 16.5 Å². The lowest BCUT2D eigenvalue weighted by atomic mass is 10.0. The third-order valence-electron chi connectivity index (χ3n) is 2.38. The Labute approximate surface area is 89.2 Å². The van der Waals surface area contributed by atoms with Gasteiger partial charge < -0.3 is 4.74 Å². The molecule has 0 aliphatic carbocycles. The Balaban J connectivity index is 2.72. The minimum atomic E-state index is 0.640. The predicted molar refractivity (Wildman–Crippen MR) is 63.0 cm³/mol. The highest BCUT2D eigenvalue weighted by atomic mass is 16.5. The van der Waals surface area contributed by atoms with Gasteiger partial charge in [-0.15, -0.1) is 0 Å². The number of hydrogen-bond donors (Lipinski definition) is 0. The standard InChI is InChI=1S/C13H13NO/c1-9(2)10-5-4-6-12-11(10)7-8-13(14-12)15-3/h4-8H,1H2,2-3H3. The minimum Gasteiger partial charge on any atom is -0.481 e. The van der Waals surface area contributed by atoms with Crippen LogP contribution in [0.15, 0.2) is 36.9 Å². The molecule has 0 amide bonds. The molecule has 1 aromatic carbocycles. The summed E-state index contributed by atoms with van der Waals surface area (Å²) in [4.78, 5) is 4.37. The lowest BCUT2D eigenvalue weighted by Gasteiger charge is -2.06. The van der Waals surface area contributed by atoms with Crippen molar-refractivity contribution in [2.24, 2.45) is 0 Å². The highest BCUT2D eigenvalue weighted by Gasteiger charge is 2.03. The van der Waals surface area contributed by atoms with E-state index in [0.717, 1.165) is 22.0 Å². The second-order valence-electron chi connectivity index (χ2n) is 3.51. The first-order valence-electron chi connectivity index (χ1n) is 4.82. The van der Waals surface area contributed by atoms with Crippen molar-refractivity contribution in [1.29, 1.82) is 0 Å². The fourth-order valence-corrected chi connectivity index (χ4v) is 1.62. The number of aromatic nitrogens is 1. The van der Waals surface area contributed by atoms with Gasteiger partial charge in [0.15, 0.2) is 0 Å². The number of nitrogens with zero attached hydrogens (tertiary/aromatic N) is 1. The Bertz CT molecular complexity index is 517. The molecule has 0 saturated heterocycles. The summed E-state index contributed by atoms with van der Waals surface area (Å²) in [5, 5.41) is 1.12. The lowest BCUT2D eigenvalue weighted by molar-refractivity contribution is 0.399. The van der Waals surface area contributed by atoms with Gasteiger partial charge in [-0.25, -0.2) is 4.98 Å². The van der Waals surface area contributed by atoms with E-state index in [2.05, 4.69) is 17.6 Å². The number of fused-ring (bicyclic) bond motifs is 1. The molecule has 76 valence electrons. The van der Waals surface area contributed by atoms with Crippen molar-refractivity contribution >= 4 is 16.5 Å². The Hall–Kier alpha value is -1.83. The molecule has 15 heavy (non-hydrogen) atoms. The molecule has 0 saturated carbocycles. The monoisotopic (exact) mass is 199 g/mol. The van der Waals surface area contributed by atoms with Crippen molar-refractivity contribution in [2.45, 2.75) is 6.92 Å². The summed E-state index contributed by atoms with van der Waals surface area (Å²) in [6, 6.07) is 9.90. The number of benzene rings is 1. The molecular formula is C13H13NO. The SMILES string of the molecule is C=C(C)c1cccc2nc(OC)ccc12. The first kappa shape index (κ1) is 9.71. The molecule has 2 nitrogen and oxygen atoms in total. The Morgan fingerprint density at radius 3 is 2.73 bits per heavy atom. The van der Waals surface area contributed by atoms with Gasteiger partial charge in [-0.1, -0.05) is 24.3 Å². The summed E-state index contributed by atoms with van der Waals surface area (Å²) < 4.78 is 5.09. The van der Waals surface area contributed by atoms with Gasteiger partial charge in [0.1, 0.15) is 0 Å². The van der Waals surface area contributed by atoms with Gasteiger partial charge in [0.2, 0.25) is 5.88 Å². The van der Waals surface area contributed by atoms with E-state index in [9.17, 15) is 0 Å². The number of methoxy groups -OCH3 is 1. The van der Waals surface area contributed by atoms with Crippen LogP contribution < -0.4 is 4.74 Å².